The molecule has 1 heterocycles. The molecule has 0 saturated carbocycles. The van der Waals surface area contributed by atoms with E-state index in [1.165, 1.54) is 36.4 Å². The lowest BCUT2D eigenvalue weighted by molar-refractivity contribution is -0.118. The molecule has 0 saturated heterocycles. The first-order valence-corrected chi connectivity index (χ1v) is 14.9. The number of nitrogens with two attached hydrogens (primary N) is 1. The third-order valence-electron chi connectivity index (χ3n) is 6.27. The number of imide groups is 1. The fourth-order valence-electron chi connectivity index (χ4n) is 3.92. The molecule has 4 amide bonds. The Labute approximate surface area is 257 Å². The van der Waals surface area contributed by atoms with Crippen molar-refractivity contribution in [2.45, 2.75) is 17.9 Å². The summed E-state index contributed by atoms with van der Waals surface area (Å²) >= 11 is 0. The van der Waals surface area contributed by atoms with E-state index in [9.17, 15) is 32.0 Å². The second kappa shape index (κ2) is 14.8. The van der Waals surface area contributed by atoms with Crippen molar-refractivity contribution < 1.29 is 36.7 Å². The lowest BCUT2D eigenvalue weighted by Crippen LogP contribution is -2.36. The Morgan fingerprint density at radius 3 is 2.18 bits per heavy atom. The summed E-state index contributed by atoms with van der Waals surface area (Å²) in [5.41, 5.74) is 6.43. The molecule has 4 aromatic rings. The van der Waals surface area contributed by atoms with Crippen molar-refractivity contribution in [1.29, 1.82) is 0 Å². The number of halogens is 1. The van der Waals surface area contributed by atoms with Crippen LogP contribution in [0.3, 0.4) is 0 Å². The van der Waals surface area contributed by atoms with Crippen molar-refractivity contribution >= 4 is 33.7 Å². The van der Waals surface area contributed by atoms with Gasteiger partial charge in [-0.25, -0.2) is 22.5 Å². The predicted molar refractivity (Wildman–Crippen MR) is 160 cm³/mol. The average Bonchev–Trinajstić information content (AvgIpc) is 3.04. The van der Waals surface area contributed by atoms with Gasteiger partial charge in [0.2, 0.25) is 5.91 Å². The van der Waals surface area contributed by atoms with Crippen molar-refractivity contribution in [3.05, 3.63) is 125 Å². The summed E-state index contributed by atoms with van der Waals surface area (Å²) in [5.74, 6) is -3.75. The predicted octanol–water partition coefficient (Wildman–Crippen LogP) is 2.11. The van der Waals surface area contributed by atoms with Crippen LogP contribution in [0.1, 0.15) is 42.3 Å². The summed E-state index contributed by atoms with van der Waals surface area (Å²) in [4.78, 5) is 53.3. The van der Waals surface area contributed by atoms with Gasteiger partial charge in [-0.05, 0) is 60.0 Å². The van der Waals surface area contributed by atoms with Crippen LogP contribution in [-0.2, 0) is 27.8 Å². The fourth-order valence-corrected chi connectivity index (χ4v) is 4.89. The molecule has 1 aromatic heterocycles. The number of aromatic nitrogens is 1. The Balaban J connectivity index is 1.44. The van der Waals surface area contributed by atoms with E-state index in [4.69, 9.17) is 10.5 Å². The van der Waals surface area contributed by atoms with Crippen LogP contribution in [0.25, 0.3) is 0 Å². The third-order valence-corrected chi connectivity index (χ3v) is 7.62. The van der Waals surface area contributed by atoms with E-state index in [0.717, 1.165) is 23.4 Å². The molecule has 0 bridgehead atoms. The molecule has 45 heavy (non-hydrogen) atoms. The highest BCUT2D eigenvalue weighted by Crippen LogP contribution is 2.21. The van der Waals surface area contributed by atoms with Gasteiger partial charge in [0.25, 0.3) is 27.7 Å². The number of hydrogen-bond acceptors (Lipinski definition) is 9. The smallest absolute Gasteiger partial charge is 0.280 e. The quantitative estimate of drug-likeness (QED) is 0.181. The summed E-state index contributed by atoms with van der Waals surface area (Å²) in [6.45, 7) is -0.202. The van der Waals surface area contributed by atoms with E-state index in [-0.39, 0.29) is 46.4 Å². The summed E-state index contributed by atoms with van der Waals surface area (Å²) in [5, 5.41) is 4.75. The maximum absolute atomic E-state index is 13.0. The molecule has 0 fully saturated rings. The highest BCUT2D eigenvalue weighted by molar-refractivity contribution is 7.90. The van der Waals surface area contributed by atoms with Crippen LogP contribution in [0, 0.1) is 5.82 Å². The highest BCUT2D eigenvalue weighted by atomic mass is 32.2. The molecular weight excluding hydrogens is 605 g/mol. The maximum Gasteiger partial charge on any atom is 0.280 e. The van der Waals surface area contributed by atoms with Gasteiger partial charge in [-0.15, -0.1) is 0 Å². The van der Waals surface area contributed by atoms with E-state index >= 15 is 0 Å². The van der Waals surface area contributed by atoms with Gasteiger partial charge in [-0.2, -0.15) is 0 Å². The zero-order chi connectivity index (χ0) is 32.4. The second-order valence-electron chi connectivity index (χ2n) is 9.52. The lowest BCUT2D eigenvalue weighted by atomic mass is 10.1. The third kappa shape index (κ3) is 9.01. The number of nitrogens with zero attached hydrogens (tertiary/aromatic N) is 1. The number of carbonyl (C=O) groups excluding carboxylic acids is 4. The van der Waals surface area contributed by atoms with Gasteiger partial charge in [0.1, 0.15) is 12.4 Å². The molecule has 0 unspecified atom stereocenters. The zero-order valence-corrected chi connectivity index (χ0v) is 24.5. The molecule has 4 rings (SSSR count). The summed E-state index contributed by atoms with van der Waals surface area (Å²) in [6.07, 6.45) is 1.43. The molecule has 3 aromatic carbocycles. The Bertz CT molecular complexity index is 1800. The molecule has 0 radical (unpaired) electrons. The Hall–Kier alpha value is -5.47. The van der Waals surface area contributed by atoms with Crippen LogP contribution >= 0.6 is 0 Å². The van der Waals surface area contributed by atoms with Crippen molar-refractivity contribution in [2.75, 3.05) is 13.1 Å². The summed E-state index contributed by atoms with van der Waals surface area (Å²) in [7, 11) is -4.39. The number of ether oxygens (including phenoxy) is 1. The van der Waals surface area contributed by atoms with E-state index in [0.29, 0.717) is 6.42 Å². The molecule has 0 atom stereocenters. The monoisotopic (exact) mass is 633 g/mol. The van der Waals surface area contributed by atoms with E-state index in [1.54, 1.807) is 42.5 Å². The minimum Gasteiger partial charge on any atom is -0.486 e. The van der Waals surface area contributed by atoms with E-state index in [1.807, 2.05) is 10.0 Å². The van der Waals surface area contributed by atoms with Gasteiger partial charge in [-0.3, -0.25) is 24.5 Å². The van der Waals surface area contributed by atoms with Crippen LogP contribution in [0.2, 0.25) is 0 Å². The van der Waals surface area contributed by atoms with Crippen LogP contribution in [0.5, 0.6) is 5.75 Å². The second-order valence-corrected chi connectivity index (χ2v) is 11.2. The SMILES string of the molecule is NCC(=O)NC(=O)c1ncc(C(=O)NS(=O)(=O)c2ccc(C(=O)NCCc3ccc(F)cc3)cc2)cc1OCc1ccccc1. The molecule has 0 aliphatic carbocycles. The number of rotatable bonds is 12. The number of nitrogens with one attached hydrogen (secondary N) is 3. The first kappa shape index (κ1) is 32.4. The van der Waals surface area contributed by atoms with E-state index < -0.39 is 40.2 Å². The van der Waals surface area contributed by atoms with Gasteiger partial charge in [-0.1, -0.05) is 42.5 Å². The number of hydrogen-bond donors (Lipinski definition) is 4. The van der Waals surface area contributed by atoms with Gasteiger partial charge >= 0.3 is 0 Å². The molecule has 232 valence electrons. The average molecular weight is 634 g/mol. The van der Waals surface area contributed by atoms with Crippen LogP contribution in [0.4, 0.5) is 4.39 Å². The minimum absolute atomic E-state index is 0.0246. The largest absolute Gasteiger partial charge is 0.486 e. The van der Waals surface area contributed by atoms with Crippen molar-refractivity contribution in [3.63, 3.8) is 0 Å². The number of benzene rings is 3. The highest BCUT2D eigenvalue weighted by Gasteiger charge is 2.23. The summed E-state index contributed by atoms with van der Waals surface area (Å²) in [6, 6.07) is 20.8. The molecule has 0 aliphatic rings. The lowest BCUT2D eigenvalue weighted by Gasteiger charge is -2.13. The van der Waals surface area contributed by atoms with E-state index in [2.05, 4.69) is 10.3 Å². The molecule has 5 N–H and O–H groups in total. The van der Waals surface area contributed by atoms with Crippen molar-refractivity contribution in [3.8, 4) is 5.75 Å². The topological polar surface area (TPSA) is 187 Å². The summed E-state index contributed by atoms with van der Waals surface area (Å²) < 4.78 is 46.6. The molecule has 14 heteroatoms. The van der Waals surface area contributed by atoms with Gasteiger partial charge < -0.3 is 15.8 Å². The van der Waals surface area contributed by atoms with Crippen molar-refractivity contribution in [1.82, 2.24) is 20.3 Å². The Morgan fingerprint density at radius 1 is 0.822 bits per heavy atom. The number of pyridine rings is 1. The van der Waals surface area contributed by atoms with Gasteiger partial charge in [0, 0.05) is 18.3 Å². The van der Waals surface area contributed by atoms with Crippen LogP contribution < -0.4 is 25.8 Å². The number of amides is 4. The fraction of sp³-hybridized carbons (Fsp3) is 0.129. The van der Waals surface area contributed by atoms with Gasteiger partial charge in [0.15, 0.2) is 11.4 Å². The van der Waals surface area contributed by atoms with Crippen LogP contribution in [-0.4, -0.2) is 50.1 Å². The molecular formula is C31H28FN5O7S. The molecule has 0 aliphatic heterocycles. The number of carbonyl (C=O) groups is 4. The van der Waals surface area contributed by atoms with Crippen molar-refractivity contribution in [2.24, 2.45) is 5.73 Å². The maximum atomic E-state index is 13.0. The first-order chi connectivity index (χ1) is 21.6. The Morgan fingerprint density at radius 2 is 1.51 bits per heavy atom. The number of sulfonamides is 1. The first-order valence-electron chi connectivity index (χ1n) is 13.5. The minimum atomic E-state index is -4.39. The Kier molecular flexibility index (Phi) is 10.7. The standard InChI is InChI=1S/C31H28FN5O7S/c32-24-10-6-20(7-11-24)14-15-34-29(39)22-8-12-25(13-9-22)45(42,43)37-30(40)23-16-26(44-19-21-4-2-1-3-5-21)28(35-18-23)31(41)36-27(38)17-33/h1-13,16,18H,14-15,17,19,33H2,(H,34,39)(H,37,40)(H,36,38,41). The zero-order valence-electron chi connectivity index (χ0n) is 23.7. The molecule has 0 spiro atoms. The van der Waals surface area contributed by atoms with Crippen LogP contribution in [0.15, 0.2) is 96.0 Å². The molecule has 12 nitrogen and oxygen atoms in total. The normalized spacial score (nSPS) is 10.9. The van der Waals surface area contributed by atoms with Gasteiger partial charge in [0.05, 0.1) is 17.0 Å².